The first-order valence-corrected chi connectivity index (χ1v) is 8.51. The van der Waals surface area contributed by atoms with Gasteiger partial charge in [0.15, 0.2) is 0 Å². The van der Waals surface area contributed by atoms with Gasteiger partial charge < -0.3 is 4.74 Å². The minimum absolute atomic E-state index is 0.461. The van der Waals surface area contributed by atoms with Gasteiger partial charge in [0, 0.05) is 25.9 Å². The van der Waals surface area contributed by atoms with Crippen LogP contribution in [0.2, 0.25) is 0 Å². The molecule has 2 heterocycles. The highest BCUT2D eigenvalue weighted by Gasteiger charge is 2.20. The Kier molecular flexibility index (Phi) is 5.01. The zero-order valence-corrected chi connectivity index (χ0v) is 13.3. The van der Waals surface area contributed by atoms with Gasteiger partial charge in [-0.25, -0.2) is 4.98 Å². The molecular weight excluding hydrogens is 280 g/mol. The average Bonchev–Trinajstić information content (AvgIpc) is 2.99. The number of nitrogens with zero attached hydrogens (tertiary/aromatic N) is 2. The Morgan fingerprint density at radius 1 is 1.24 bits per heavy atom. The molecule has 4 heteroatoms. The quantitative estimate of drug-likeness (QED) is 0.840. The predicted octanol–water partition coefficient (Wildman–Crippen LogP) is 3.81. The molecule has 0 radical (unpaired) electrons. The average molecular weight is 302 g/mol. The number of piperidine rings is 1. The lowest BCUT2D eigenvalue weighted by atomic mass is 10.1. The fraction of sp³-hybridized carbons (Fsp3) is 0.471. The van der Waals surface area contributed by atoms with Gasteiger partial charge in [0.25, 0.3) is 0 Å². The van der Waals surface area contributed by atoms with Crippen LogP contribution in [-0.4, -0.2) is 35.7 Å². The van der Waals surface area contributed by atoms with Crippen molar-refractivity contribution in [2.75, 3.05) is 19.7 Å². The van der Waals surface area contributed by atoms with Crippen molar-refractivity contribution < 1.29 is 4.74 Å². The molecule has 1 aliphatic rings. The fourth-order valence-electron chi connectivity index (χ4n) is 2.78. The Balaban J connectivity index is 1.56. The maximum Gasteiger partial charge on any atom is 0.107 e. The lowest BCUT2D eigenvalue weighted by Gasteiger charge is -2.31. The van der Waals surface area contributed by atoms with Crippen LogP contribution in [0.25, 0.3) is 10.4 Å². The third-order valence-electron chi connectivity index (χ3n) is 3.91. The van der Waals surface area contributed by atoms with Crippen molar-refractivity contribution in [3.63, 3.8) is 0 Å². The summed E-state index contributed by atoms with van der Waals surface area (Å²) >= 11 is 1.81. The maximum absolute atomic E-state index is 5.70. The van der Waals surface area contributed by atoms with Gasteiger partial charge in [-0.05, 0) is 25.3 Å². The van der Waals surface area contributed by atoms with Crippen molar-refractivity contribution in [3.05, 3.63) is 41.5 Å². The number of hydrogen-bond donors (Lipinski definition) is 0. The number of rotatable bonds is 5. The lowest BCUT2D eigenvalue weighted by Crippen LogP contribution is -2.36. The summed E-state index contributed by atoms with van der Waals surface area (Å²) in [4.78, 5) is 8.34. The molecule has 0 amide bonds. The van der Waals surface area contributed by atoms with Crippen LogP contribution in [0, 0.1) is 0 Å². The van der Waals surface area contributed by atoms with Gasteiger partial charge in [-0.1, -0.05) is 30.3 Å². The van der Waals surface area contributed by atoms with Gasteiger partial charge in [0.2, 0.25) is 0 Å². The summed E-state index contributed by atoms with van der Waals surface area (Å²) in [5, 5.41) is 1.21. The number of benzene rings is 1. The van der Waals surface area contributed by atoms with Crippen molar-refractivity contribution >= 4 is 11.3 Å². The Hall–Kier alpha value is -1.23. The van der Waals surface area contributed by atoms with Crippen molar-refractivity contribution in [2.45, 2.75) is 32.4 Å². The second kappa shape index (κ2) is 7.16. The first-order valence-electron chi connectivity index (χ1n) is 7.69. The summed E-state index contributed by atoms with van der Waals surface area (Å²) < 4.78 is 5.70. The normalized spacial score (nSPS) is 17.2. The van der Waals surface area contributed by atoms with Crippen LogP contribution in [0.15, 0.2) is 36.5 Å². The summed E-state index contributed by atoms with van der Waals surface area (Å²) in [6.07, 6.45) is 4.75. The van der Waals surface area contributed by atoms with Crippen LogP contribution in [0.4, 0.5) is 0 Å². The van der Waals surface area contributed by atoms with Crippen LogP contribution in [0.1, 0.15) is 24.8 Å². The summed E-state index contributed by atoms with van der Waals surface area (Å²) in [5.41, 5.74) is 1.26. The second-order valence-corrected chi connectivity index (χ2v) is 6.53. The molecule has 1 saturated heterocycles. The van der Waals surface area contributed by atoms with E-state index in [1.807, 2.05) is 12.3 Å². The Morgan fingerprint density at radius 2 is 2.00 bits per heavy atom. The summed E-state index contributed by atoms with van der Waals surface area (Å²) in [6.45, 7) is 6.11. The molecule has 2 aromatic rings. The molecule has 0 atom stereocenters. The molecule has 0 saturated carbocycles. The van der Waals surface area contributed by atoms with Gasteiger partial charge in [0.1, 0.15) is 5.01 Å². The van der Waals surface area contributed by atoms with Crippen LogP contribution < -0.4 is 0 Å². The molecule has 3 rings (SSSR count). The van der Waals surface area contributed by atoms with E-state index in [0.29, 0.717) is 6.10 Å². The van der Waals surface area contributed by atoms with Crippen LogP contribution in [-0.2, 0) is 11.3 Å². The van der Waals surface area contributed by atoms with E-state index < -0.39 is 0 Å². The molecule has 1 aliphatic heterocycles. The van der Waals surface area contributed by atoms with Crippen molar-refractivity contribution in [1.82, 2.24) is 9.88 Å². The third-order valence-corrected chi connectivity index (χ3v) is 4.94. The van der Waals surface area contributed by atoms with Gasteiger partial charge in [-0.15, -0.1) is 11.3 Å². The van der Waals surface area contributed by atoms with E-state index in [1.165, 1.54) is 15.4 Å². The molecular formula is C17H22N2OS. The van der Waals surface area contributed by atoms with Gasteiger partial charge in [-0.2, -0.15) is 0 Å². The van der Waals surface area contributed by atoms with Gasteiger partial charge >= 0.3 is 0 Å². The van der Waals surface area contributed by atoms with E-state index >= 15 is 0 Å². The summed E-state index contributed by atoms with van der Waals surface area (Å²) in [7, 11) is 0. The molecule has 112 valence electrons. The molecule has 3 nitrogen and oxygen atoms in total. The van der Waals surface area contributed by atoms with Crippen molar-refractivity contribution in [3.8, 4) is 10.4 Å². The number of likely N-dealkylation sites (tertiary alicyclic amines) is 1. The summed E-state index contributed by atoms with van der Waals surface area (Å²) in [6, 6.07) is 10.5. The van der Waals surface area contributed by atoms with Gasteiger partial charge in [0.05, 0.1) is 17.5 Å². The SMILES string of the molecule is CCOC1CCN(Cc2ncc(-c3ccccc3)s2)CC1. The molecule has 0 aliphatic carbocycles. The number of ether oxygens (including phenoxy) is 1. The molecule has 1 aromatic carbocycles. The second-order valence-electron chi connectivity index (χ2n) is 5.42. The van der Waals surface area contributed by atoms with E-state index in [2.05, 4.69) is 41.1 Å². The Labute approximate surface area is 130 Å². The van der Waals surface area contributed by atoms with Gasteiger partial charge in [-0.3, -0.25) is 4.90 Å². The minimum atomic E-state index is 0.461. The number of aromatic nitrogens is 1. The first kappa shape index (κ1) is 14.7. The third kappa shape index (κ3) is 3.90. The topological polar surface area (TPSA) is 25.4 Å². The van der Waals surface area contributed by atoms with Crippen LogP contribution in [0.3, 0.4) is 0 Å². The monoisotopic (exact) mass is 302 g/mol. The highest BCUT2D eigenvalue weighted by Crippen LogP contribution is 2.27. The minimum Gasteiger partial charge on any atom is -0.378 e. The maximum atomic E-state index is 5.70. The number of hydrogen-bond acceptors (Lipinski definition) is 4. The molecule has 1 aromatic heterocycles. The van der Waals surface area contributed by atoms with E-state index in [9.17, 15) is 0 Å². The summed E-state index contributed by atoms with van der Waals surface area (Å²) in [5.74, 6) is 0. The predicted molar refractivity (Wildman–Crippen MR) is 87.5 cm³/mol. The van der Waals surface area contributed by atoms with E-state index in [1.54, 1.807) is 11.3 Å². The standard InChI is InChI=1S/C17H22N2OS/c1-2-20-15-8-10-19(11-9-15)13-17-18-12-16(21-17)14-6-4-3-5-7-14/h3-7,12,15H,2,8-11,13H2,1H3. The lowest BCUT2D eigenvalue weighted by molar-refractivity contribution is 0.0125. The van der Waals surface area contributed by atoms with Crippen molar-refractivity contribution in [1.29, 1.82) is 0 Å². The largest absolute Gasteiger partial charge is 0.378 e. The molecule has 0 unspecified atom stereocenters. The van der Waals surface area contributed by atoms with E-state index in [4.69, 9.17) is 4.74 Å². The van der Waals surface area contributed by atoms with Crippen molar-refractivity contribution in [2.24, 2.45) is 0 Å². The van der Waals surface area contributed by atoms with Crippen LogP contribution in [0.5, 0.6) is 0 Å². The zero-order valence-electron chi connectivity index (χ0n) is 12.5. The fourth-order valence-corrected chi connectivity index (χ4v) is 3.75. The highest BCUT2D eigenvalue weighted by atomic mass is 32.1. The zero-order chi connectivity index (χ0) is 14.5. The molecule has 0 N–H and O–H groups in total. The first-order chi connectivity index (χ1) is 10.3. The highest BCUT2D eigenvalue weighted by molar-refractivity contribution is 7.15. The Bertz CT molecular complexity index is 547. The van der Waals surface area contributed by atoms with E-state index in [0.717, 1.165) is 39.1 Å². The smallest absolute Gasteiger partial charge is 0.107 e. The molecule has 1 fully saturated rings. The molecule has 21 heavy (non-hydrogen) atoms. The Morgan fingerprint density at radius 3 is 2.71 bits per heavy atom. The van der Waals surface area contributed by atoms with E-state index in [-0.39, 0.29) is 0 Å². The molecule has 0 spiro atoms. The number of thiazole rings is 1. The van der Waals surface area contributed by atoms with Crippen LogP contribution >= 0.6 is 11.3 Å². The molecule has 0 bridgehead atoms.